The van der Waals surface area contributed by atoms with Crippen molar-refractivity contribution >= 4 is 68.2 Å². The lowest BCUT2D eigenvalue weighted by Gasteiger charge is -2.07. The molecule has 8 bridgehead atoms. The summed E-state index contributed by atoms with van der Waals surface area (Å²) >= 11 is 0. The Hall–Kier alpha value is -5.29. The molecule has 178 valence electrons. The Bertz CT molecular complexity index is 2140. The molecule has 0 aliphatic carbocycles. The Kier molecular flexibility index (Phi) is 4.45. The van der Waals surface area contributed by atoms with Crippen molar-refractivity contribution in [2.75, 3.05) is 0 Å². The first-order valence-electron chi connectivity index (χ1n) is 12.6. The minimum absolute atomic E-state index is 0.897. The zero-order valence-electron chi connectivity index (χ0n) is 20.3. The highest BCUT2D eigenvalue weighted by Crippen LogP contribution is 2.34. The highest BCUT2D eigenvalue weighted by atomic mass is 14.8. The first-order chi connectivity index (χ1) is 18.7. The summed E-state index contributed by atoms with van der Waals surface area (Å²) in [6.07, 6.45) is 8.18. The minimum Gasteiger partial charge on any atom is -0.355 e. The number of hydrogen-bond donors (Lipinski definition) is 2. The van der Waals surface area contributed by atoms with E-state index in [0.717, 1.165) is 77.8 Å². The van der Waals surface area contributed by atoms with E-state index in [4.69, 9.17) is 15.0 Å². The number of aromatic nitrogens is 5. The van der Waals surface area contributed by atoms with Crippen molar-refractivity contribution in [3.05, 3.63) is 114 Å². The summed E-state index contributed by atoms with van der Waals surface area (Å²) in [5, 5.41) is 2.24. The van der Waals surface area contributed by atoms with Crippen LogP contribution in [0.15, 0.2) is 91.0 Å². The second-order valence-corrected chi connectivity index (χ2v) is 9.64. The van der Waals surface area contributed by atoms with Gasteiger partial charge in [-0.3, -0.25) is 0 Å². The van der Waals surface area contributed by atoms with Gasteiger partial charge in [-0.25, -0.2) is 15.0 Å². The van der Waals surface area contributed by atoms with Crippen LogP contribution in [0.3, 0.4) is 0 Å². The standard InChI is InChI=1S/C33H21N5/c1-2-6-31-20(4-1)14-29-28(5-3-7-32(29)38-31)30-18-27-17-25-11-10-23(35-25)15-21-8-9-22(34-21)16-24-12-13-26(36-24)19-33(30)37-27/h1-19,34,37H. The fourth-order valence-corrected chi connectivity index (χ4v) is 5.27. The van der Waals surface area contributed by atoms with Gasteiger partial charge in [0.2, 0.25) is 0 Å². The van der Waals surface area contributed by atoms with Gasteiger partial charge in [-0.15, -0.1) is 0 Å². The van der Waals surface area contributed by atoms with Crippen molar-refractivity contribution in [1.29, 1.82) is 0 Å². The summed E-state index contributed by atoms with van der Waals surface area (Å²) in [6.45, 7) is 0. The molecule has 2 aliphatic heterocycles. The summed E-state index contributed by atoms with van der Waals surface area (Å²) < 4.78 is 0. The third-order valence-corrected chi connectivity index (χ3v) is 7.02. The van der Waals surface area contributed by atoms with Gasteiger partial charge in [0, 0.05) is 38.4 Å². The van der Waals surface area contributed by atoms with Crippen LogP contribution >= 0.6 is 0 Å². The topological polar surface area (TPSA) is 70.2 Å². The third-order valence-electron chi connectivity index (χ3n) is 7.02. The quantitative estimate of drug-likeness (QED) is 0.230. The molecule has 0 fully saturated rings. The van der Waals surface area contributed by atoms with Crippen LogP contribution in [0.4, 0.5) is 0 Å². The van der Waals surface area contributed by atoms with E-state index >= 15 is 0 Å². The number of aromatic amines is 2. The summed E-state index contributed by atoms with van der Waals surface area (Å²) in [6, 6.07) is 31.4. The van der Waals surface area contributed by atoms with Crippen molar-refractivity contribution in [1.82, 2.24) is 24.9 Å². The fraction of sp³-hybridized carbons (Fsp3) is 0. The number of benzene rings is 2. The van der Waals surface area contributed by atoms with E-state index in [1.54, 1.807) is 0 Å². The van der Waals surface area contributed by atoms with Crippen molar-refractivity contribution in [2.24, 2.45) is 0 Å². The van der Waals surface area contributed by atoms with E-state index in [2.05, 4.69) is 101 Å². The van der Waals surface area contributed by atoms with Crippen LogP contribution < -0.4 is 0 Å². The molecule has 0 saturated carbocycles. The van der Waals surface area contributed by atoms with Gasteiger partial charge in [0.25, 0.3) is 0 Å². The van der Waals surface area contributed by atoms with Crippen molar-refractivity contribution in [2.45, 2.75) is 0 Å². The number of pyridine rings is 1. The molecule has 6 heterocycles. The SMILES string of the molecule is C1=Cc2cc3cc(-c4cccc5nc6ccccc6cc45)c(cc4nc(cc5ccc(cc1n2)[nH]5)C=C4)[nH]3. The predicted molar refractivity (Wildman–Crippen MR) is 157 cm³/mol. The second kappa shape index (κ2) is 8.11. The van der Waals surface area contributed by atoms with E-state index in [1.165, 1.54) is 0 Å². The number of para-hydroxylation sites is 1. The summed E-state index contributed by atoms with van der Waals surface area (Å²) in [7, 11) is 0. The van der Waals surface area contributed by atoms with E-state index in [9.17, 15) is 0 Å². The van der Waals surface area contributed by atoms with Crippen LogP contribution in [0.2, 0.25) is 0 Å². The highest BCUT2D eigenvalue weighted by Gasteiger charge is 2.11. The van der Waals surface area contributed by atoms with E-state index < -0.39 is 0 Å². The highest BCUT2D eigenvalue weighted by molar-refractivity contribution is 6.04. The lowest BCUT2D eigenvalue weighted by Crippen LogP contribution is -1.85. The van der Waals surface area contributed by atoms with Gasteiger partial charge in [-0.1, -0.05) is 30.3 Å². The molecular formula is C33H21N5. The van der Waals surface area contributed by atoms with Crippen molar-refractivity contribution in [3.8, 4) is 11.1 Å². The van der Waals surface area contributed by atoms with Crippen molar-refractivity contribution in [3.63, 3.8) is 0 Å². The van der Waals surface area contributed by atoms with Crippen LogP contribution in [-0.4, -0.2) is 24.9 Å². The average Bonchev–Trinajstić information content (AvgIpc) is 3.73. The van der Waals surface area contributed by atoms with Gasteiger partial charge < -0.3 is 9.97 Å². The molecule has 38 heavy (non-hydrogen) atoms. The smallest absolute Gasteiger partial charge is 0.0715 e. The minimum atomic E-state index is 0.897. The summed E-state index contributed by atoms with van der Waals surface area (Å²) in [5.41, 5.74) is 11.8. The lowest BCUT2D eigenvalue weighted by atomic mass is 10.00. The van der Waals surface area contributed by atoms with Gasteiger partial charge in [0.05, 0.1) is 33.8 Å². The Morgan fingerprint density at radius 3 is 1.87 bits per heavy atom. The average molecular weight is 488 g/mol. The van der Waals surface area contributed by atoms with Gasteiger partial charge in [0.15, 0.2) is 0 Å². The van der Waals surface area contributed by atoms with Crippen molar-refractivity contribution < 1.29 is 0 Å². The monoisotopic (exact) mass is 487 g/mol. The summed E-state index contributed by atoms with van der Waals surface area (Å²) in [4.78, 5) is 21.7. The molecule has 6 aromatic rings. The fourth-order valence-electron chi connectivity index (χ4n) is 5.27. The molecule has 2 aliphatic rings. The molecule has 0 unspecified atom stereocenters. The lowest BCUT2D eigenvalue weighted by molar-refractivity contribution is 1.31. The van der Waals surface area contributed by atoms with E-state index in [-0.39, 0.29) is 0 Å². The molecule has 4 aromatic heterocycles. The molecule has 5 heteroatoms. The third kappa shape index (κ3) is 3.61. The second-order valence-electron chi connectivity index (χ2n) is 9.64. The molecule has 5 nitrogen and oxygen atoms in total. The number of rotatable bonds is 1. The first kappa shape index (κ1) is 20.9. The maximum atomic E-state index is 4.94. The zero-order chi connectivity index (χ0) is 25.1. The zero-order valence-corrected chi connectivity index (χ0v) is 20.3. The van der Waals surface area contributed by atoms with Crippen LogP contribution in [0.25, 0.3) is 79.3 Å². The number of nitrogens with zero attached hydrogens (tertiary/aromatic N) is 3. The maximum absolute atomic E-state index is 4.94. The number of hydrogen-bond acceptors (Lipinski definition) is 3. The predicted octanol–water partition coefficient (Wildman–Crippen LogP) is 8.02. The van der Waals surface area contributed by atoms with E-state index in [1.807, 2.05) is 24.3 Å². The first-order valence-corrected chi connectivity index (χ1v) is 12.6. The Morgan fingerprint density at radius 1 is 0.447 bits per heavy atom. The number of nitrogens with one attached hydrogen (secondary N) is 2. The maximum Gasteiger partial charge on any atom is 0.0715 e. The number of H-pyrrole nitrogens is 2. The number of fused-ring (bicyclic) bond motifs is 10. The largest absolute Gasteiger partial charge is 0.355 e. The summed E-state index contributed by atoms with van der Waals surface area (Å²) in [5.74, 6) is 0. The normalized spacial score (nSPS) is 12.5. The van der Waals surface area contributed by atoms with Gasteiger partial charge in [-0.2, -0.15) is 0 Å². The molecule has 0 saturated heterocycles. The molecular weight excluding hydrogens is 466 g/mol. The van der Waals surface area contributed by atoms with Crippen LogP contribution in [-0.2, 0) is 0 Å². The van der Waals surface area contributed by atoms with Crippen LogP contribution in [0.5, 0.6) is 0 Å². The van der Waals surface area contributed by atoms with Crippen LogP contribution in [0.1, 0.15) is 22.8 Å². The van der Waals surface area contributed by atoms with Gasteiger partial charge in [-0.05, 0) is 90.5 Å². The Balaban J connectivity index is 1.44. The Labute approximate surface area is 217 Å². The molecule has 0 amide bonds. The molecule has 2 N–H and O–H groups in total. The van der Waals surface area contributed by atoms with E-state index in [0.29, 0.717) is 0 Å². The molecule has 0 spiro atoms. The van der Waals surface area contributed by atoms with Crippen LogP contribution in [0, 0.1) is 0 Å². The Morgan fingerprint density at radius 2 is 1.11 bits per heavy atom. The van der Waals surface area contributed by atoms with Gasteiger partial charge in [0.1, 0.15) is 0 Å². The molecule has 2 aromatic carbocycles. The molecule has 8 rings (SSSR count). The molecule has 0 atom stereocenters. The van der Waals surface area contributed by atoms with Gasteiger partial charge >= 0.3 is 0 Å². The molecule has 0 radical (unpaired) electrons.